The van der Waals surface area contributed by atoms with Gasteiger partial charge in [-0.2, -0.15) is 0 Å². The molecule has 0 spiro atoms. The number of rotatable bonds is 3. The first-order valence-corrected chi connectivity index (χ1v) is 9.94. The Hall–Kier alpha value is -2.74. The van der Waals surface area contributed by atoms with Crippen molar-refractivity contribution in [3.8, 4) is 11.5 Å². The molecule has 2 aromatic carbocycles. The summed E-state index contributed by atoms with van der Waals surface area (Å²) in [5.74, 6) is 1.01. The van der Waals surface area contributed by atoms with Crippen LogP contribution in [-0.2, 0) is 14.8 Å². The van der Waals surface area contributed by atoms with E-state index in [2.05, 4.69) is 5.32 Å². The molecule has 8 heteroatoms. The second-order valence-corrected chi connectivity index (χ2v) is 8.15. The van der Waals surface area contributed by atoms with Crippen LogP contribution in [0.15, 0.2) is 48.5 Å². The number of hydrogen-bond donors (Lipinski definition) is 1. The van der Waals surface area contributed by atoms with Crippen molar-refractivity contribution in [3.63, 3.8) is 0 Å². The van der Waals surface area contributed by atoms with Gasteiger partial charge in [-0.15, -0.1) is 0 Å². The van der Waals surface area contributed by atoms with Gasteiger partial charge in [0.05, 0.1) is 11.4 Å². The van der Waals surface area contributed by atoms with Gasteiger partial charge in [-0.05, 0) is 42.8 Å². The zero-order valence-corrected chi connectivity index (χ0v) is 14.7. The molecule has 1 atom stereocenters. The average molecular weight is 374 g/mol. The van der Waals surface area contributed by atoms with Crippen LogP contribution in [0.2, 0.25) is 0 Å². The summed E-state index contributed by atoms with van der Waals surface area (Å²) in [4.78, 5) is 12.4. The number of para-hydroxylation sites is 2. The van der Waals surface area contributed by atoms with E-state index in [1.807, 2.05) is 12.1 Å². The van der Waals surface area contributed by atoms with E-state index in [0.29, 0.717) is 35.8 Å². The quantitative estimate of drug-likeness (QED) is 0.888. The van der Waals surface area contributed by atoms with E-state index in [1.54, 1.807) is 36.4 Å². The monoisotopic (exact) mass is 374 g/mol. The fourth-order valence-electron chi connectivity index (χ4n) is 3.01. The molecule has 26 heavy (non-hydrogen) atoms. The summed E-state index contributed by atoms with van der Waals surface area (Å²) in [6.07, 6.45) is -0.120. The van der Waals surface area contributed by atoms with Crippen molar-refractivity contribution < 1.29 is 22.7 Å². The first-order chi connectivity index (χ1) is 12.5. The minimum atomic E-state index is -3.21. The lowest BCUT2D eigenvalue weighted by atomic mass is 10.2. The molecule has 4 rings (SSSR count). The molecule has 0 bridgehead atoms. The fourth-order valence-corrected chi connectivity index (χ4v) is 4.58. The maximum Gasteiger partial charge on any atom is 0.269 e. The van der Waals surface area contributed by atoms with E-state index in [4.69, 9.17) is 9.47 Å². The van der Waals surface area contributed by atoms with Crippen molar-refractivity contribution in [1.82, 2.24) is 0 Å². The van der Waals surface area contributed by atoms with E-state index < -0.39 is 16.1 Å². The minimum absolute atomic E-state index is 0.132. The minimum Gasteiger partial charge on any atom is -0.485 e. The van der Waals surface area contributed by atoms with Crippen LogP contribution in [0.25, 0.3) is 0 Å². The Morgan fingerprint density at radius 3 is 2.50 bits per heavy atom. The Morgan fingerprint density at radius 1 is 1.08 bits per heavy atom. The molecule has 136 valence electrons. The van der Waals surface area contributed by atoms with Gasteiger partial charge in [0.1, 0.15) is 6.61 Å². The molecule has 7 nitrogen and oxygen atoms in total. The predicted molar refractivity (Wildman–Crippen MR) is 97.2 cm³/mol. The third-order valence-corrected chi connectivity index (χ3v) is 6.19. The van der Waals surface area contributed by atoms with E-state index >= 15 is 0 Å². The number of nitrogens with zero attached hydrogens (tertiary/aromatic N) is 1. The third-order valence-electron chi connectivity index (χ3n) is 4.32. The van der Waals surface area contributed by atoms with Crippen molar-refractivity contribution in [2.75, 3.05) is 28.5 Å². The topological polar surface area (TPSA) is 84.9 Å². The fraction of sp³-hybridized carbons (Fsp3) is 0.278. The highest BCUT2D eigenvalue weighted by Crippen LogP contribution is 2.31. The third kappa shape index (κ3) is 3.20. The average Bonchev–Trinajstić information content (AvgIpc) is 3.01. The summed E-state index contributed by atoms with van der Waals surface area (Å²) in [6.45, 7) is 0.619. The zero-order chi connectivity index (χ0) is 18.1. The lowest BCUT2D eigenvalue weighted by molar-refractivity contribution is -0.125. The van der Waals surface area contributed by atoms with Crippen LogP contribution in [0, 0.1) is 0 Å². The van der Waals surface area contributed by atoms with Crippen LogP contribution < -0.4 is 19.1 Å². The van der Waals surface area contributed by atoms with Gasteiger partial charge in [-0.1, -0.05) is 12.1 Å². The molecule has 2 heterocycles. The summed E-state index contributed by atoms with van der Waals surface area (Å²) in [7, 11) is -3.21. The maximum atomic E-state index is 12.4. The molecule has 1 saturated heterocycles. The lowest BCUT2D eigenvalue weighted by Gasteiger charge is -2.25. The van der Waals surface area contributed by atoms with Gasteiger partial charge < -0.3 is 14.8 Å². The number of amides is 1. The van der Waals surface area contributed by atoms with Crippen molar-refractivity contribution in [1.29, 1.82) is 0 Å². The second-order valence-electron chi connectivity index (χ2n) is 6.14. The van der Waals surface area contributed by atoms with E-state index in [0.717, 1.165) is 0 Å². The number of ether oxygens (including phenoxy) is 2. The largest absolute Gasteiger partial charge is 0.485 e. The number of anilines is 2. The number of benzene rings is 2. The zero-order valence-electron chi connectivity index (χ0n) is 13.9. The molecule has 0 aromatic heterocycles. The van der Waals surface area contributed by atoms with Crippen LogP contribution >= 0.6 is 0 Å². The smallest absolute Gasteiger partial charge is 0.269 e. The van der Waals surface area contributed by atoms with Crippen LogP contribution in [0.5, 0.6) is 11.5 Å². The summed E-state index contributed by atoms with van der Waals surface area (Å²) in [5.41, 5.74) is 1.17. The van der Waals surface area contributed by atoms with Crippen molar-refractivity contribution in [3.05, 3.63) is 48.5 Å². The molecular weight excluding hydrogens is 356 g/mol. The highest BCUT2D eigenvalue weighted by atomic mass is 32.2. The molecular formula is C18H18N2O5S. The summed E-state index contributed by atoms with van der Waals surface area (Å²) < 4.78 is 36.5. The van der Waals surface area contributed by atoms with Gasteiger partial charge in [0.15, 0.2) is 11.5 Å². The Morgan fingerprint density at radius 2 is 1.81 bits per heavy atom. The van der Waals surface area contributed by atoms with E-state index in [9.17, 15) is 13.2 Å². The van der Waals surface area contributed by atoms with Crippen molar-refractivity contribution >= 4 is 27.3 Å². The molecule has 2 aromatic rings. The van der Waals surface area contributed by atoms with Crippen LogP contribution in [0.1, 0.15) is 6.42 Å². The summed E-state index contributed by atoms with van der Waals surface area (Å²) >= 11 is 0. The number of carbonyl (C=O) groups is 1. The molecule has 2 aliphatic heterocycles. The molecule has 1 amide bonds. The van der Waals surface area contributed by atoms with Crippen molar-refractivity contribution in [2.24, 2.45) is 0 Å². The number of hydrogen-bond acceptors (Lipinski definition) is 5. The number of carbonyl (C=O) groups excluding carboxylic acids is 1. The predicted octanol–water partition coefficient (Wildman–Crippen LogP) is 2.00. The Labute approximate surface area is 151 Å². The highest BCUT2D eigenvalue weighted by molar-refractivity contribution is 7.93. The molecule has 0 unspecified atom stereocenters. The Bertz CT molecular complexity index is 927. The number of sulfonamides is 1. The molecule has 2 aliphatic rings. The SMILES string of the molecule is O=C(Nc1ccc(N2CCCS2(=O)=O)cc1)[C@H]1COc2ccccc2O1. The van der Waals surface area contributed by atoms with Gasteiger partial charge in [-0.25, -0.2) is 8.42 Å². The Balaban J connectivity index is 1.42. The first kappa shape index (κ1) is 16.7. The van der Waals surface area contributed by atoms with Crippen LogP contribution in [0.3, 0.4) is 0 Å². The molecule has 1 N–H and O–H groups in total. The van der Waals surface area contributed by atoms with Crippen LogP contribution in [0.4, 0.5) is 11.4 Å². The molecule has 0 aliphatic carbocycles. The van der Waals surface area contributed by atoms with Gasteiger partial charge in [-0.3, -0.25) is 9.10 Å². The van der Waals surface area contributed by atoms with E-state index in [1.165, 1.54) is 4.31 Å². The van der Waals surface area contributed by atoms with Gasteiger partial charge in [0.2, 0.25) is 16.1 Å². The van der Waals surface area contributed by atoms with Gasteiger partial charge >= 0.3 is 0 Å². The Kier molecular flexibility index (Phi) is 4.20. The van der Waals surface area contributed by atoms with Gasteiger partial charge in [0, 0.05) is 12.2 Å². The van der Waals surface area contributed by atoms with Crippen LogP contribution in [-0.4, -0.2) is 39.3 Å². The first-order valence-electron chi connectivity index (χ1n) is 8.33. The number of nitrogens with one attached hydrogen (secondary N) is 1. The maximum absolute atomic E-state index is 12.4. The molecule has 0 saturated carbocycles. The number of fused-ring (bicyclic) bond motifs is 1. The van der Waals surface area contributed by atoms with Gasteiger partial charge in [0.25, 0.3) is 5.91 Å². The standard InChI is InChI=1S/C18H18N2O5S/c21-18(17-12-24-15-4-1-2-5-16(15)25-17)19-13-6-8-14(9-7-13)20-10-3-11-26(20,22)23/h1-2,4-9,17H,3,10-12H2,(H,19,21)/t17-/m1/s1. The summed E-state index contributed by atoms with van der Waals surface area (Å²) in [6, 6.07) is 13.9. The molecule has 1 fully saturated rings. The lowest BCUT2D eigenvalue weighted by Crippen LogP contribution is -2.40. The second kappa shape index (κ2) is 6.53. The van der Waals surface area contributed by atoms with Crippen molar-refractivity contribution in [2.45, 2.75) is 12.5 Å². The summed E-state index contributed by atoms with van der Waals surface area (Å²) in [5, 5.41) is 2.77. The normalized spacial score (nSPS) is 20.6. The van der Waals surface area contributed by atoms with E-state index in [-0.39, 0.29) is 18.3 Å². The highest BCUT2D eigenvalue weighted by Gasteiger charge is 2.29. The molecule has 0 radical (unpaired) electrons.